The van der Waals surface area contributed by atoms with E-state index in [1.165, 1.54) is 16.7 Å². The number of rotatable bonds is 5. The lowest BCUT2D eigenvalue weighted by Gasteiger charge is -2.26. The zero-order chi connectivity index (χ0) is 38.1. The average Bonchev–Trinajstić information content (AvgIpc) is 3.51. The second-order valence-electron chi connectivity index (χ2n) is 15.1. The summed E-state index contributed by atoms with van der Waals surface area (Å²) in [7, 11) is 0. The van der Waals surface area contributed by atoms with E-state index in [0.717, 1.165) is 61.0 Å². The minimum absolute atomic E-state index is 0.170. The number of para-hydroxylation sites is 1. The van der Waals surface area contributed by atoms with E-state index in [2.05, 4.69) is 123 Å². The Labute approximate surface area is 330 Å². The van der Waals surface area contributed by atoms with Crippen LogP contribution in [0.5, 0.6) is 23.0 Å². The van der Waals surface area contributed by atoms with Crippen molar-refractivity contribution in [3.63, 3.8) is 0 Å². The summed E-state index contributed by atoms with van der Waals surface area (Å²) in [6.45, 7) is 4.55. The maximum atomic E-state index is 7.05. The SMILES string of the molecule is CC1(C)c2ccccc2-c2c1ccc1c2Oc2c(cccc2-c2ccccc2-c2nc(-c3ccccc3)nc(-c3ccc(-c4ccccc4)c4ccccc34)n2)O1. The van der Waals surface area contributed by atoms with Gasteiger partial charge in [-0.25, -0.2) is 15.0 Å². The highest BCUT2D eigenvalue weighted by molar-refractivity contribution is 6.04. The van der Waals surface area contributed by atoms with Gasteiger partial charge < -0.3 is 9.47 Å². The largest absolute Gasteiger partial charge is 0.449 e. The molecule has 5 nitrogen and oxygen atoms in total. The van der Waals surface area contributed by atoms with E-state index < -0.39 is 0 Å². The van der Waals surface area contributed by atoms with E-state index in [-0.39, 0.29) is 5.41 Å². The standard InChI is InChI=1S/C52H35N3O2/c1-52(2)42-26-14-13-24-41(42)46-43(52)30-31-45-48(46)57-47-38(25-15-27-44(47)56-45)37-22-11-12-23-39(37)50-53-49(33-18-7-4-8-19-33)54-51(55-50)40-29-28-34(32-16-5-3-6-17-32)35-20-9-10-21-36(35)40/h3-31H,1-2H3. The molecule has 0 unspecified atom stereocenters. The monoisotopic (exact) mass is 733 g/mol. The fraction of sp³-hybridized carbons (Fsp3) is 0.0577. The Hall–Kier alpha value is -7.37. The van der Waals surface area contributed by atoms with Crippen molar-refractivity contribution in [2.24, 2.45) is 0 Å². The third-order valence-corrected chi connectivity index (χ3v) is 11.4. The molecule has 0 saturated carbocycles. The molecule has 2 aliphatic rings. The van der Waals surface area contributed by atoms with Crippen LogP contribution in [0.25, 0.3) is 78.3 Å². The average molecular weight is 734 g/mol. The third-order valence-electron chi connectivity index (χ3n) is 11.4. The number of aromatic nitrogens is 3. The molecule has 5 heteroatoms. The van der Waals surface area contributed by atoms with Crippen molar-refractivity contribution in [1.29, 1.82) is 0 Å². The molecule has 0 N–H and O–H groups in total. The highest BCUT2D eigenvalue weighted by atomic mass is 16.6. The maximum Gasteiger partial charge on any atom is 0.178 e. The second kappa shape index (κ2) is 12.9. The van der Waals surface area contributed by atoms with Gasteiger partial charge in [0, 0.05) is 33.2 Å². The molecule has 0 amide bonds. The molecule has 1 aliphatic heterocycles. The number of hydrogen-bond acceptors (Lipinski definition) is 5. The zero-order valence-corrected chi connectivity index (χ0v) is 31.4. The number of nitrogens with zero attached hydrogens (tertiary/aromatic N) is 3. The molecular weight excluding hydrogens is 699 g/mol. The van der Waals surface area contributed by atoms with E-state index in [0.29, 0.717) is 34.7 Å². The van der Waals surface area contributed by atoms with Gasteiger partial charge in [0.1, 0.15) is 0 Å². The van der Waals surface area contributed by atoms with Crippen LogP contribution in [0, 0.1) is 0 Å². The number of fused-ring (bicyclic) bond motifs is 7. The summed E-state index contributed by atoms with van der Waals surface area (Å²) < 4.78 is 13.7. The van der Waals surface area contributed by atoms with Gasteiger partial charge in [0.15, 0.2) is 40.5 Å². The van der Waals surface area contributed by atoms with Gasteiger partial charge in [-0.1, -0.05) is 172 Å². The highest BCUT2D eigenvalue weighted by Crippen LogP contribution is 2.59. The first kappa shape index (κ1) is 33.0. The molecule has 8 aromatic carbocycles. The smallest absolute Gasteiger partial charge is 0.178 e. The lowest BCUT2D eigenvalue weighted by Crippen LogP contribution is -2.15. The molecule has 1 aliphatic carbocycles. The van der Waals surface area contributed by atoms with Crippen LogP contribution in [0.3, 0.4) is 0 Å². The molecule has 0 radical (unpaired) electrons. The Morgan fingerprint density at radius 3 is 1.68 bits per heavy atom. The van der Waals surface area contributed by atoms with Crippen molar-refractivity contribution in [2.75, 3.05) is 0 Å². The Bertz CT molecular complexity index is 3050. The summed E-state index contributed by atoms with van der Waals surface area (Å²) in [6, 6.07) is 60.5. The summed E-state index contributed by atoms with van der Waals surface area (Å²) in [4.78, 5) is 15.6. The van der Waals surface area contributed by atoms with Gasteiger partial charge in [0.25, 0.3) is 0 Å². The van der Waals surface area contributed by atoms with Gasteiger partial charge in [-0.3, -0.25) is 0 Å². The zero-order valence-electron chi connectivity index (χ0n) is 31.4. The van der Waals surface area contributed by atoms with Crippen molar-refractivity contribution in [1.82, 2.24) is 15.0 Å². The fourth-order valence-corrected chi connectivity index (χ4v) is 8.67. The highest BCUT2D eigenvalue weighted by Gasteiger charge is 2.40. The van der Waals surface area contributed by atoms with Crippen LogP contribution in [-0.2, 0) is 5.41 Å². The van der Waals surface area contributed by atoms with Crippen LogP contribution >= 0.6 is 0 Å². The van der Waals surface area contributed by atoms with Crippen molar-refractivity contribution < 1.29 is 9.47 Å². The topological polar surface area (TPSA) is 57.1 Å². The van der Waals surface area contributed by atoms with Gasteiger partial charge >= 0.3 is 0 Å². The van der Waals surface area contributed by atoms with E-state index in [1.807, 2.05) is 66.7 Å². The Balaban J connectivity index is 1.08. The Kier molecular flexibility index (Phi) is 7.45. The first-order chi connectivity index (χ1) is 28.0. The summed E-state index contributed by atoms with van der Waals surface area (Å²) in [6.07, 6.45) is 0. The van der Waals surface area contributed by atoms with Gasteiger partial charge in [-0.15, -0.1) is 0 Å². The van der Waals surface area contributed by atoms with Gasteiger partial charge in [0.2, 0.25) is 0 Å². The molecule has 9 aromatic rings. The summed E-state index contributed by atoms with van der Waals surface area (Å²) in [5, 5.41) is 2.21. The van der Waals surface area contributed by atoms with E-state index in [4.69, 9.17) is 24.4 Å². The normalized spacial score (nSPS) is 13.2. The fourth-order valence-electron chi connectivity index (χ4n) is 8.67. The van der Waals surface area contributed by atoms with Crippen molar-refractivity contribution in [3.05, 3.63) is 187 Å². The molecule has 2 heterocycles. The minimum atomic E-state index is -0.170. The van der Waals surface area contributed by atoms with Crippen molar-refractivity contribution >= 4 is 10.8 Å². The first-order valence-electron chi connectivity index (χ1n) is 19.3. The van der Waals surface area contributed by atoms with Gasteiger partial charge in [-0.2, -0.15) is 0 Å². The van der Waals surface area contributed by atoms with E-state index >= 15 is 0 Å². The van der Waals surface area contributed by atoms with Gasteiger partial charge in [-0.05, 0) is 62.4 Å². The summed E-state index contributed by atoms with van der Waals surface area (Å²) in [5.41, 5.74) is 11.4. The Morgan fingerprint density at radius 2 is 0.912 bits per heavy atom. The molecular formula is C52H35N3O2. The quantitative estimate of drug-likeness (QED) is 0.176. The van der Waals surface area contributed by atoms with E-state index in [1.54, 1.807) is 0 Å². The predicted octanol–water partition coefficient (Wildman–Crippen LogP) is 13.6. The Morgan fingerprint density at radius 1 is 0.351 bits per heavy atom. The molecule has 270 valence electrons. The first-order valence-corrected chi connectivity index (χ1v) is 19.3. The van der Waals surface area contributed by atoms with Gasteiger partial charge in [0.05, 0.1) is 0 Å². The van der Waals surface area contributed by atoms with Crippen molar-refractivity contribution in [2.45, 2.75) is 19.3 Å². The predicted molar refractivity (Wildman–Crippen MR) is 229 cm³/mol. The van der Waals surface area contributed by atoms with Crippen LogP contribution in [0.1, 0.15) is 25.0 Å². The van der Waals surface area contributed by atoms with Crippen LogP contribution in [0.2, 0.25) is 0 Å². The summed E-state index contributed by atoms with van der Waals surface area (Å²) >= 11 is 0. The molecule has 0 bridgehead atoms. The lowest BCUT2D eigenvalue weighted by atomic mass is 9.82. The minimum Gasteiger partial charge on any atom is -0.449 e. The van der Waals surface area contributed by atoms with Crippen molar-refractivity contribution in [3.8, 4) is 90.5 Å². The molecule has 11 rings (SSSR count). The third kappa shape index (κ3) is 5.27. The van der Waals surface area contributed by atoms with E-state index in [9.17, 15) is 0 Å². The van der Waals surface area contributed by atoms with Crippen LogP contribution < -0.4 is 9.47 Å². The molecule has 0 saturated heterocycles. The van der Waals surface area contributed by atoms with Crippen LogP contribution in [-0.4, -0.2) is 15.0 Å². The molecule has 57 heavy (non-hydrogen) atoms. The van der Waals surface area contributed by atoms with Crippen LogP contribution in [0.15, 0.2) is 176 Å². The number of hydrogen-bond donors (Lipinski definition) is 0. The lowest BCUT2D eigenvalue weighted by molar-refractivity contribution is 0.361. The molecule has 0 atom stereocenters. The van der Waals surface area contributed by atoms with Crippen LogP contribution in [0.4, 0.5) is 0 Å². The molecule has 0 fully saturated rings. The maximum absolute atomic E-state index is 7.05. The number of ether oxygens (including phenoxy) is 2. The number of benzene rings is 8. The molecule has 1 aromatic heterocycles. The second-order valence-corrected chi connectivity index (χ2v) is 15.1. The summed E-state index contributed by atoms with van der Waals surface area (Å²) in [5.74, 6) is 4.53. The molecule has 0 spiro atoms.